The van der Waals surface area contributed by atoms with Crippen LogP contribution in [0.3, 0.4) is 0 Å². The largest absolute Gasteiger partial charge is 0.360 e. The highest BCUT2D eigenvalue weighted by Gasteiger charge is 2.44. The van der Waals surface area contributed by atoms with Crippen LogP contribution in [0.1, 0.15) is 367 Å². The molecule has 0 unspecified atom stereocenters. The van der Waals surface area contributed by atoms with Crippen LogP contribution in [0.4, 0.5) is 0 Å². The fourth-order valence-electron chi connectivity index (χ4n) is 16.6. The van der Waals surface area contributed by atoms with Gasteiger partial charge in [-0.1, -0.05) is 54.6 Å². The first-order valence-electron chi connectivity index (χ1n) is 45.0. The second-order valence-corrected chi connectivity index (χ2v) is 38.2. The summed E-state index contributed by atoms with van der Waals surface area (Å²) in [5.74, 6) is 6.92. The van der Waals surface area contributed by atoms with Crippen molar-refractivity contribution in [2.75, 3.05) is 0 Å². The lowest BCUT2D eigenvalue weighted by Crippen LogP contribution is -2.47. The van der Waals surface area contributed by atoms with E-state index in [0.29, 0.717) is 47.5 Å². The molecule has 0 saturated heterocycles. The maximum absolute atomic E-state index is 7.97. The van der Waals surface area contributed by atoms with Crippen molar-refractivity contribution in [1.29, 1.82) is 0 Å². The predicted octanol–water partition coefficient (Wildman–Crippen LogP) is 22.0. The summed E-state index contributed by atoms with van der Waals surface area (Å²) in [6.45, 7) is 85.0. The lowest BCUT2D eigenvalue weighted by Gasteiger charge is -2.27. The molecule has 0 atom stereocenters. The molecule has 0 bridgehead atoms. The minimum atomic E-state index is -2.19. The number of aryl methyl sites for hydroxylation is 6. The van der Waals surface area contributed by atoms with Gasteiger partial charge in [0.25, 0.3) is 34.9 Å². The van der Waals surface area contributed by atoms with Crippen LogP contribution >= 0.6 is 0 Å². The van der Waals surface area contributed by atoms with Crippen LogP contribution < -0.4 is 27.4 Å². The minimum absolute atomic E-state index is 0.0490. The summed E-state index contributed by atoms with van der Waals surface area (Å²) >= 11 is 0. The second-order valence-electron chi connectivity index (χ2n) is 38.2. The third kappa shape index (κ3) is 27.3. The van der Waals surface area contributed by atoms with Gasteiger partial charge in [0.15, 0.2) is 33.6 Å². The number of hydrogen-bond acceptors (Lipinski definition) is 6. The average molecular weight is 1630 g/mol. The maximum Gasteiger partial charge on any atom is 0.294 e. The lowest BCUT2D eigenvalue weighted by atomic mass is 10.0. The van der Waals surface area contributed by atoms with Crippen LogP contribution in [-0.2, 0) is 76.1 Å². The Morgan fingerprint density at radius 1 is 0.274 bits per heavy atom. The molecule has 0 aliphatic heterocycles. The van der Waals surface area contributed by atoms with Crippen molar-refractivity contribution in [3.8, 4) is 17.1 Å². The first-order chi connectivity index (χ1) is 55.0. The number of aromatic nitrogens is 12. The van der Waals surface area contributed by atoms with E-state index in [0.717, 1.165) is 22.9 Å². The molecule has 0 saturated carbocycles. The Balaban J connectivity index is 0.000000305. The number of rotatable bonds is 28. The number of hydrogen-bond donors (Lipinski definition) is 0. The van der Waals surface area contributed by atoms with Gasteiger partial charge >= 0.3 is 0 Å². The van der Waals surface area contributed by atoms with E-state index in [1.165, 1.54) is 40.1 Å². The van der Waals surface area contributed by atoms with E-state index in [1.54, 1.807) is 12.1 Å². The number of ether oxygens (including phenoxy) is 6. The molecule has 6 aromatic heterocycles. The van der Waals surface area contributed by atoms with Crippen molar-refractivity contribution in [3.05, 3.63) is 198 Å². The number of benzene rings is 3. The van der Waals surface area contributed by atoms with Gasteiger partial charge < -0.3 is 28.4 Å². The van der Waals surface area contributed by atoms with E-state index < -0.39 is 12.5 Å². The summed E-state index contributed by atoms with van der Waals surface area (Å²) < 4.78 is 87.4. The van der Waals surface area contributed by atoms with Crippen LogP contribution in [-0.4, -0.2) is 64.0 Å². The Bertz CT molecular complexity index is 4480. The van der Waals surface area contributed by atoms with Crippen molar-refractivity contribution in [1.82, 2.24) is 27.4 Å². The molecule has 0 amide bonds. The Morgan fingerprint density at radius 3 is 0.786 bits per heavy atom. The third-order valence-electron chi connectivity index (χ3n) is 20.0. The van der Waals surface area contributed by atoms with Crippen LogP contribution in [0.25, 0.3) is 17.1 Å². The van der Waals surface area contributed by atoms with E-state index in [9.17, 15) is 0 Å². The fourth-order valence-corrected chi connectivity index (χ4v) is 16.6. The van der Waals surface area contributed by atoms with Gasteiger partial charge in [-0.3, -0.25) is 0 Å². The monoisotopic (exact) mass is 1620 g/mol. The van der Waals surface area contributed by atoms with Crippen molar-refractivity contribution < 1.29 is 59.9 Å². The van der Waals surface area contributed by atoms with Gasteiger partial charge in [0.2, 0.25) is 0 Å². The summed E-state index contributed by atoms with van der Waals surface area (Å²) in [4.78, 5) is 0. The summed E-state index contributed by atoms with van der Waals surface area (Å²) in [7, 11) is 4.14. The summed E-state index contributed by atoms with van der Waals surface area (Å²) in [5.41, 5.74) is 4.80. The van der Waals surface area contributed by atoms with Crippen LogP contribution in [0.2, 0.25) is 0 Å². The first kappa shape index (κ1) is 96.8. The molecule has 18 nitrogen and oxygen atoms in total. The van der Waals surface area contributed by atoms with Gasteiger partial charge in [-0.2, -0.15) is 13.7 Å². The van der Waals surface area contributed by atoms with E-state index in [1.807, 2.05) is 63.7 Å². The Labute approximate surface area is 716 Å². The molecule has 6 heterocycles. The van der Waals surface area contributed by atoms with Crippen LogP contribution in [0.15, 0.2) is 141 Å². The minimum Gasteiger partial charge on any atom is -0.360 e. The van der Waals surface area contributed by atoms with Gasteiger partial charge in [-0.05, 0) is 325 Å². The zero-order valence-electron chi connectivity index (χ0n) is 84.6. The normalized spacial score (nSPS) is 13.1. The molecule has 0 aliphatic rings. The SMILES string of the molecule is CC(C)OC(C)(C)c1n(-c2ccccc2)cc[n+]1C(C)C.CC(C)OC(C)(C)c1n(C(C)C)cc[n+]1C.CC(C)OC(C)(C)c1n(C(C)C)cc[n+]1C.CC(C)OC(C)(C)c1n(C(C)C)cc[n+]1C(C)C.Cc1cccc(C)c1-n1cc[n+](C(C)C)c1C(C)(C)OC(C)C.[2H]C([2H])([2H])c1cccc(C)c1-n1cc[n+](C(C)C)c1C(C)(C)OC(C)C. The van der Waals surface area contributed by atoms with E-state index >= 15 is 0 Å². The molecule has 9 rings (SSSR count). The molecule has 18 heteroatoms. The molecule has 0 N–H and O–H groups in total. The summed E-state index contributed by atoms with van der Waals surface area (Å²) in [5, 5.41) is 0. The maximum atomic E-state index is 7.97. The van der Waals surface area contributed by atoms with Gasteiger partial charge in [0, 0.05) is 4.11 Å². The van der Waals surface area contributed by atoms with Crippen LogP contribution in [0.5, 0.6) is 0 Å². The fraction of sp³-hybridized carbons (Fsp3) is 0.636. The molecule has 0 aliphatic carbocycles. The quantitative estimate of drug-likeness (QED) is 0.0452. The number of nitrogens with zero attached hydrogens (tertiary/aromatic N) is 12. The predicted molar refractivity (Wildman–Crippen MR) is 481 cm³/mol. The summed E-state index contributed by atoms with van der Waals surface area (Å²) in [6.07, 6.45) is 26.3. The number of imidazole rings is 6. The third-order valence-corrected chi connectivity index (χ3v) is 20.0. The molecule has 0 spiro atoms. The van der Waals surface area contributed by atoms with E-state index in [2.05, 4.69) is 418 Å². The highest BCUT2D eigenvalue weighted by atomic mass is 16.5. The smallest absolute Gasteiger partial charge is 0.294 e. The van der Waals surface area contributed by atoms with Crippen LogP contribution in [0, 0.1) is 27.6 Å². The average Bonchev–Trinajstić information content (AvgIpc) is 1.54. The Kier molecular flexibility index (Phi) is 35.4. The van der Waals surface area contributed by atoms with Crippen molar-refractivity contribution >= 4 is 0 Å². The topological polar surface area (TPSA) is 108 Å². The molecule has 0 radical (unpaired) electrons. The van der Waals surface area contributed by atoms with E-state index in [4.69, 9.17) is 32.5 Å². The van der Waals surface area contributed by atoms with Crippen molar-refractivity contribution in [2.24, 2.45) is 14.1 Å². The zero-order chi connectivity index (χ0) is 91.9. The first-order valence-corrected chi connectivity index (χ1v) is 43.5. The molecule has 117 heavy (non-hydrogen) atoms. The molecule has 0 fully saturated rings. The molecule has 654 valence electrons. The van der Waals surface area contributed by atoms with Gasteiger partial charge in [-0.25, -0.2) is 41.1 Å². The van der Waals surface area contributed by atoms with Crippen molar-refractivity contribution in [3.63, 3.8) is 0 Å². The molecule has 9 aromatic rings. The van der Waals surface area contributed by atoms with Gasteiger partial charge in [0.1, 0.15) is 91.4 Å². The number of para-hydroxylation sites is 3. The standard InChI is InChI=1S/2C20H31N2O.C18H27N2O.C15H29N2O.2C13H25N2O/c2*1-14(2)21-12-13-22(18-16(5)10-9-11-17(18)6)19(21)20(7,8)23-15(3)4;1-14(2)19-12-13-20(16-10-8-7-9-11-16)17(19)18(5,6)21-15(3)4;1-11(2)16-9-10-17(12(3)4)14(16)15(7,8)18-13(5)6;2*1-10(2)15-9-8-14(7)12(15)13(5,6)16-11(3)4/h2*9-15H,1-8H3;7-15H,1-6H3;9-13H,1-8H3;2*8-11H,1-7H3/q6*+1/i5D3;;;;;. The Hall–Kier alpha value is -7.32. The molecule has 3 aromatic carbocycles. The molecular weight excluding hydrogens is 1450 g/mol. The van der Waals surface area contributed by atoms with Gasteiger partial charge in [0.05, 0.1) is 93.0 Å². The Morgan fingerprint density at radius 2 is 0.504 bits per heavy atom. The van der Waals surface area contributed by atoms with Crippen molar-refractivity contribution in [2.45, 2.75) is 403 Å². The highest BCUT2D eigenvalue weighted by Crippen LogP contribution is 2.35. The second kappa shape index (κ2) is 42.8. The highest BCUT2D eigenvalue weighted by molar-refractivity contribution is 5.49. The van der Waals surface area contributed by atoms with Gasteiger partial charge in [-0.15, -0.1) is 0 Å². The molecular formula is C99H168N12O6+6. The lowest BCUT2D eigenvalue weighted by molar-refractivity contribution is -0.729. The zero-order valence-corrected chi connectivity index (χ0v) is 81.6. The summed E-state index contributed by atoms with van der Waals surface area (Å²) in [6, 6.07) is 25.1. The van der Waals surface area contributed by atoms with E-state index in [-0.39, 0.29) is 70.7 Å².